The Bertz CT molecular complexity index is 1250. The van der Waals surface area contributed by atoms with E-state index in [0.717, 1.165) is 57.8 Å². The van der Waals surface area contributed by atoms with Crippen molar-refractivity contribution in [3.8, 4) is 0 Å². The Morgan fingerprint density at radius 3 is 1.28 bits per heavy atom. The van der Waals surface area contributed by atoms with E-state index in [9.17, 15) is 25.2 Å². The van der Waals surface area contributed by atoms with Gasteiger partial charge in [-0.05, 0) is 51.4 Å². The monoisotopic (exact) mass is 1020 g/mol. The van der Waals surface area contributed by atoms with Gasteiger partial charge < -0.3 is 39.4 Å². The average molecular weight is 1020 g/mol. The fraction of sp³-hybridized carbons (Fsp3) is 0.857. The molecule has 72 heavy (non-hydrogen) atoms. The molecule has 0 bridgehead atoms. The highest BCUT2D eigenvalue weighted by Gasteiger charge is 2.44. The average Bonchev–Trinajstić information content (AvgIpc) is 3.38. The minimum atomic E-state index is -1.54. The molecule has 0 aromatic carbocycles. The number of allylic oxidation sites excluding steroid dienone is 8. The second-order valence-corrected chi connectivity index (χ2v) is 21.1. The van der Waals surface area contributed by atoms with Crippen molar-refractivity contribution in [2.45, 2.75) is 320 Å². The summed E-state index contributed by atoms with van der Waals surface area (Å²) in [5.74, 6) is -0.311. The number of hydrogen-bond donors (Lipinski definition) is 4. The molecule has 0 spiro atoms. The van der Waals surface area contributed by atoms with Gasteiger partial charge in [-0.15, -0.1) is 0 Å². The molecule has 0 aliphatic carbocycles. The molecule has 1 aliphatic heterocycles. The summed E-state index contributed by atoms with van der Waals surface area (Å²) < 4.78 is 23.0. The number of hydrogen-bond acceptors (Lipinski definition) is 9. The molecule has 1 aliphatic rings. The van der Waals surface area contributed by atoms with Gasteiger partial charge in [-0.2, -0.15) is 0 Å². The molecule has 0 aromatic heterocycles. The first-order chi connectivity index (χ1) is 35.4. The Hall–Kier alpha value is -1.85. The summed E-state index contributed by atoms with van der Waals surface area (Å²) in [6.07, 6.45) is 63.1. The number of unbranched alkanes of at least 4 members (excludes halogenated alkanes) is 35. The van der Waals surface area contributed by atoms with Crippen LogP contribution >= 0.6 is 0 Å². The van der Waals surface area contributed by atoms with Crippen molar-refractivity contribution in [1.29, 1.82) is 0 Å². The lowest BCUT2D eigenvalue weighted by Crippen LogP contribution is -2.59. The molecule has 4 N–H and O–H groups in total. The first-order valence-corrected chi connectivity index (χ1v) is 30.7. The summed E-state index contributed by atoms with van der Waals surface area (Å²) in [6, 6.07) is 0. The number of aliphatic hydroxyl groups excluding tert-OH is 4. The van der Waals surface area contributed by atoms with Gasteiger partial charge in [0.05, 0.1) is 19.8 Å². The maximum atomic E-state index is 12.9. The molecule has 1 rings (SSSR count). The third-order valence-electron chi connectivity index (χ3n) is 14.3. The fourth-order valence-electron chi connectivity index (χ4n) is 9.55. The number of ether oxygens (including phenoxy) is 4. The van der Waals surface area contributed by atoms with E-state index in [2.05, 4.69) is 62.5 Å². The first-order valence-electron chi connectivity index (χ1n) is 30.7. The van der Waals surface area contributed by atoms with Crippen molar-refractivity contribution in [3.05, 3.63) is 48.6 Å². The van der Waals surface area contributed by atoms with Crippen molar-refractivity contribution < 1.29 is 44.2 Å². The predicted molar refractivity (Wildman–Crippen MR) is 302 cm³/mol. The summed E-state index contributed by atoms with van der Waals surface area (Å²) >= 11 is 0. The Morgan fingerprint density at radius 1 is 0.458 bits per heavy atom. The highest BCUT2D eigenvalue weighted by Crippen LogP contribution is 2.23. The minimum Gasteiger partial charge on any atom is -0.457 e. The standard InChI is InChI=1S/C63H116O9/c1-3-5-7-9-11-13-15-17-19-21-23-25-27-29-30-32-34-36-38-40-42-44-46-48-50-52-59(65)71-57(56-70-63-62(68)61(67)60(66)58(54-64)72-63)55-69-53-51-49-47-45-43-41-39-37-35-33-31-28-26-24-22-20-18-16-14-12-10-8-6-4-2/h5,7,11,13,17,19,23,25,57-58,60-64,66-68H,3-4,6,8-10,12,14-16,18,20-22,24,26-56H2,1-2H3/b7-5-,13-11-,19-17-,25-23-. The van der Waals surface area contributed by atoms with Crippen LogP contribution in [0.1, 0.15) is 284 Å². The van der Waals surface area contributed by atoms with Crippen LogP contribution in [0.4, 0.5) is 0 Å². The third-order valence-corrected chi connectivity index (χ3v) is 14.3. The summed E-state index contributed by atoms with van der Waals surface area (Å²) in [4.78, 5) is 12.9. The lowest BCUT2D eigenvalue weighted by molar-refractivity contribution is -0.305. The molecule has 6 unspecified atom stereocenters. The molecule has 9 heteroatoms. The first kappa shape index (κ1) is 68.2. The SMILES string of the molecule is CC/C=C\C/C=C\C/C=C\C/C=C\CCCCCCCCCCCCCCC(=O)OC(COCCCCCCCCCCCCCCCCCCCCCCCCCC)COC1OC(CO)C(O)C(O)C1O. The van der Waals surface area contributed by atoms with Crippen molar-refractivity contribution in [3.63, 3.8) is 0 Å². The number of aliphatic hydroxyl groups is 4. The van der Waals surface area contributed by atoms with Crippen molar-refractivity contribution in [2.24, 2.45) is 0 Å². The van der Waals surface area contributed by atoms with E-state index < -0.39 is 43.4 Å². The second-order valence-electron chi connectivity index (χ2n) is 21.1. The van der Waals surface area contributed by atoms with Crippen molar-refractivity contribution >= 4 is 5.97 Å². The van der Waals surface area contributed by atoms with E-state index in [1.165, 1.54) is 205 Å². The third kappa shape index (κ3) is 43.4. The Labute approximate surface area is 443 Å². The van der Waals surface area contributed by atoms with Gasteiger partial charge >= 0.3 is 5.97 Å². The van der Waals surface area contributed by atoms with Crippen LogP contribution in [0, 0.1) is 0 Å². The predicted octanol–water partition coefficient (Wildman–Crippen LogP) is 16.4. The fourth-order valence-corrected chi connectivity index (χ4v) is 9.55. The van der Waals surface area contributed by atoms with E-state index in [-0.39, 0.29) is 19.2 Å². The molecular weight excluding hydrogens is 901 g/mol. The highest BCUT2D eigenvalue weighted by molar-refractivity contribution is 5.69. The van der Waals surface area contributed by atoms with Gasteiger partial charge in [-0.1, -0.05) is 274 Å². The van der Waals surface area contributed by atoms with Gasteiger partial charge in [0.15, 0.2) is 6.29 Å². The van der Waals surface area contributed by atoms with E-state index in [1.54, 1.807) is 0 Å². The zero-order valence-electron chi connectivity index (χ0n) is 46.9. The Morgan fingerprint density at radius 2 is 0.847 bits per heavy atom. The lowest BCUT2D eigenvalue weighted by atomic mass is 9.99. The van der Waals surface area contributed by atoms with Crippen LogP contribution in [0.25, 0.3) is 0 Å². The van der Waals surface area contributed by atoms with Gasteiger partial charge in [0.1, 0.15) is 30.5 Å². The molecule has 6 atom stereocenters. The van der Waals surface area contributed by atoms with E-state index >= 15 is 0 Å². The number of carbonyl (C=O) groups excluding carboxylic acids is 1. The molecule has 422 valence electrons. The maximum Gasteiger partial charge on any atom is 0.306 e. The minimum absolute atomic E-state index is 0.111. The zero-order valence-corrected chi connectivity index (χ0v) is 46.9. The van der Waals surface area contributed by atoms with Gasteiger partial charge in [0.2, 0.25) is 0 Å². The summed E-state index contributed by atoms with van der Waals surface area (Å²) in [5.41, 5.74) is 0. The van der Waals surface area contributed by atoms with Crippen LogP contribution in [-0.2, 0) is 23.7 Å². The molecule has 0 saturated carbocycles. The van der Waals surface area contributed by atoms with Crippen LogP contribution in [-0.4, -0.2) is 89.6 Å². The molecule has 0 aromatic rings. The molecule has 1 saturated heterocycles. The van der Waals surface area contributed by atoms with E-state index in [1.807, 2.05) is 0 Å². The summed E-state index contributed by atoms with van der Waals surface area (Å²) in [7, 11) is 0. The van der Waals surface area contributed by atoms with Crippen molar-refractivity contribution in [1.82, 2.24) is 0 Å². The normalized spacial score (nSPS) is 19.0. The molecule has 9 nitrogen and oxygen atoms in total. The summed E-state index contributed by atoms with van der Waals surface area (Å²) in [5, 5.41) is 40.4. The molecule has 0 amide bonds. The topological polar surface area (TPSA) is 135 Å². The van der Waals surface area contributed by atoms with Gasteiger partial charge in [-0.3, -0.25) is 4.79 Å². The van der Waals surface area contributed by atoms with Gasteiger partial charge in [0.25, 0.3) is 0 Å². The van der Waals surface area contributed by atoms with Crippen LogP contribution in [0.2, 0.25) is 0 Å². The molecular formula is C63H116O9. The lowest BCUT2D eigenvalue weighted by Gasteiger charge is -2.39. The quantitative estimate of drug-likeness (QED) is 0.0267. The van der Waals surface area contributed by atoms with Gasteiger partial charge in [-0.25, -0.2) is 0 Å². The zero-order chi connectivity index (χ0) is 52.1. The maximum absolute atomic E-state index is 12.9. The second kappa shape index (κ2) is 54.0. The smallest absolute Gasteiger partial charge is 0.306 e. The van der Waals surface area contributed by atoms with Crippen LogP contribution in [0.15, 0.2) is 48.6 Å². The van der Waals surface area contributed by atoms with Crippen LogP contribution in [0.5, 0.6) is 0 Å². The van der Waals surface area contributed by atoms with Crippen LogP contribution in [0.3, 0.4) is 0 Å². The Kier molecular flexibility index (Phi) is 51.1. The number of rotatable bonds is 54. The highest BCUT2D eigenvalue weighted by atomic mass is 16.7. The van der Waals surface area contributed by atoms with E-state index in [4.69, 9.17) is 18.9 Å². The molecule has 1 fully saturated rings. The number of carbonyl (C=O) groups is 1. The van der Waals surface area contributed by atoms with Crippen LogP contribution < -0.4 is 0 Å². The summed E-state index contributed by atoms with van der Waals surface area (Å²) in [6.45, 7) is 4.51. The van der Waals surface area contributed by atoms with Crippen molar-refractivity contribution in [2.75, 3.05) is 26.4 Å². The van der Waals surface area contributed by atoms with Gasteiger partial charge in [0, 0.05) is 13.0 Å². The molecule has 1 heterocycles. The molecule has 0 radical (unpaired) electrons. The van der Waals surface area contributed by atoms with E-state index in [0.29, 0.717) is 13.0 Å². The number of esters is 1. The Balaban J connectivity index is 2.12. The largest absolute Gasteiger partial charge is 0.457 e.